The summed E-state index contributed by atoms with van der Waals surface area (Å²) in [5.41, 5.74) is 3.01. The van der Waals surface area contributed by atoms with Gasteiger partial charge in [0.2, 0.25) is 5.91 Å². The Labute approximate surface area is 172 Å². The Hall–Kier alpha value is -3.38. The van der Waals surface area contributed by atoms with Gasteiger partial charge in [0, 0.05) is 11.3 Å². The highest BCUT2D eigenvalue weighted by Crippen LogP contribution is 2.22. The lowest BCUT2D eigenvalue weighted by Crippen LogP contribution is -2.32. The van der Waals surface area contributed by atoms with Gasteiger partial charge in [-0.05, 0) is 36.0 Å². The molecular weight excluding hydrogens is 385 g/mol. The maximum atomic E-state index is 14.4. The maximum absolute atomic E-state index is 14.4. The zero-order valence-electron chi connectivity index (χ0n) is 15.5. The Morgan fingerprint density at radius 2 is 1.59 bits per heavy atom. The number of H-pyrrole nitrogens is 1. The molecule has 0 radical (unpaired) electrons. The molecule has 144 valence electrons. The lowest BCUT2D eigenvalue weighted by Gasteiger charge is -2.04. The minimum absolute atomic E-state index is 0.128. The first kappa shape index (κ1) is 19.0. The van der Waals surface area contributed by atoms with Crippen molar-refractivity contribution in [2.45, 2.75) is 5.16 Å². The quantitative estimate of drug-likeness (QED) is 0.357. The van der Waals surface area contributed by atoms with Crippen LogP contribution >= 0.6 is 11.8 Å². The average Bonchev–Trinajstić information content (AvgIpc) is 3.18. The van der Waals surface area contributed by atoms with Gasteiger partial charge in [-0.2, -0.15) is 4.57 Å². The molecule has 0 fully saturated rings. The Bertz CT molecular complexity index is 1110. The summed E-state index contributed by atoms with van der Waals surface area (Å²) in [4.78, 5) is 15.7. The number of hydrogen-bond acceptors (Lipinski definition) is 2. The number of carbonyl (C=O) groups excluding carboxylic acids is 1. The van der Waals surface area contributed by atoms with E-state index in [4.69, 9.17) is 0 Å². The predicted molar refractivity (Wildman–Crippen MR) is 114 cm³/mol. The largest absolute Gasteiger partial charge is 0.325 e. The van der Waals surface area contributed by atoms with E-state index in [0.717, 1.165) is 16.9 Å². The van der Waals surface area contributed by atoms with Crippen LogP contribution in [0.15, 0.2) is 96.3 Å². The van der Waals surface area contributed by atoms with Crippen molar-refractivity contribution in [1.29, 1.82) is 0 Å². The Morgan fingerprint density at radius 1 is 0.931 bits per heavy atom. The van der Waals surface area contributed by atoms with Gasteiger partial charge in [0.25, 0.3) is 0 Å². The molecule has 0 saturated carbocycles. The van der Waals surface area contributed by atoms with Gasteiger partial charge >= 0.3 is 5.16 Å². The second-order valence-corrected chi connectivity index (χ2v) is 7.33. The van der Waals surface area contributed by atoms with Gasteiger partial charge < -0.3 is 5.32 Å². The molecule has 1 amide bonds. The van der Waals surface area contributed by atoms with Crippen LogP contribution in [0.4, 0.5) is 10.1 Å². The molecule has 0 spiro atoms. The van der Waals surface area contributed by atoms with E-state index in [1.54, 1.807) is 22.8 Å². The zero-order valence-corrected chi connectivity index (χ0v) is 16.3. The van der Waals surface area contributed by atoms with Crippen molar-refractivity contribution in [3.05, 3.63) is 96.9 Å². The first-order chi connectivity index (χ1) is 14.2. The van der Waals surface area contributed by atoms with Gasteiger partial charge in [-0.1, -0.05) is 60.7 Å². The van der Waals surface area contributed by atoms with Crippen molar-refractivity contribution in [2.24, 2.45) is 0 Å². The molecule has 4 rings (SSSR count). The Balaban J connectivity index is 1.60. The molecule has 0 aliphatic rings. The number of para-hydroxylation sites is 2. The normalized spacial score (nSPS) is 10.7. The first-order valence-electron chi connectivity index (χ1n) is 9.13. The standard InChI is InChI=1S/C23H18FN3OS/c24-19-13-7-8-14-21(19)27-15-20(17-9-3-1-4-10-17)26-23(27)29-16-22(28)25-18-11-5-2-6-12-18/h1-15H,16H2,(H,25,28)/p+1. The lowest BCUT2D eigenvalue weighted by atomic mass is 10.2. The van der Waals surface area contributed by atoms with E-state index < -0.39 is 0 Å². The van der Waals surface area contributed by atoms with Crippen LogP contribution in [0.3, 0.4) is 0 Å². The Kier molecular flexibility index (Phi) is 5.72. The summed E-state index contributed by atoms with van der Waals surface area (Å²) in [5, 5.41) is 3.54. The SMILES string of the molecule is O=C(CSc1[nH]c(-c2ccccc2)c[n+]1-c1ccccc1F)Nc1ccccc1. The molecule has 4 aromatic rings. The van der Waals surface area contributed by atoms with Gasteiger partial charge in [-0.15, -0.1) is 0 Å². The van der Waals surface area contributed by atoms with Gasteiger partial charge in [0.05, 0.1) is 5.75 Å². The van der Waals surface area contributed by atoms with Crippen LogP contribution < -0.4 is 9.88 Å². The second-order valence-electron chi connectivity index (χ2n) is 6.36. The number of rotatable bonds is 6. The molecule has 1 heterocycles. The van der Waals surface area contributed by atoms with E-state index in [0.29, 0.717) is 10.8 Å². The van der Waals surface area contributed by atoms with Crippen LogP contribution in [0.1, 0.15) is 0 Å². The van der Waals surface area contributed by atoms with Crippen LogP contribution in [-0.2, 0) is 4.79 Å². The van der Waals surface area contributed by atoms with Crippen molar-refractivity contribution in [3.63, 3.8) is 0 Å². The number of thioether (sulfide) groups is 1. The number of aromatic amines is 1. The molecule has 4 nitrogen and oxygen atoms in total. The molecule has 0 bridgehead atoms. The number of amides is 1. The first-order valence-corrected chi connectivity index (χ1v) is 10.1. The molecule has 2 N–H and O–H groups in total. The topological polar surface area (TPSA) is 48.8 Å². The van der Waals surface area contributed by atoms with E-state index in [2.05, 4.69) is 10.3 Å². The predicted octanol–water partition coefficient (Wildman–Crippen LogP) is 4.83. The van der Waals surface area contributed by atoms with Crippen molar-refractivity contribution < 1.29 is 13.8 Å². The van der Waals surface area contributed by atoms with Crippen LogP contribution in [-0.4, -0.2) is 16.6 Å². The van der Waals surface area contributed by atoms with Crippen molar-refractivity contribution in [2.75, 3.05) is 11.1 Å². The minimum atomic E-state index is -0.327. The van der Waals surface area contributed by atoms with Gasteiger partial charge in [-0.3, -0.25) is 4.79 Å². The number of aromatic nitrogens is 2. The average molecular weight is 404 g/mol. The number of nitrogens with zero attached hydrogens (tertiary/aromatic N) is 1. The fraction of sp³-hybridized carbons (Fsp3) is 0.0435. The minimum Gasteiger partial charge on any atom is -0.325 e. The van der Waals surface area contributed by atoms with E-state index in [1.807, 2.05) is 66.9 Å². The molecule has 1 aromatic heterocycles. The molecule has 0 saturated heterocycles. The van der Waals surface area contributed by atoms with E-state index >= 15 is 0 Å². The van der Waals surface area contributed by atoms with E-state index in [-0.39, 0.29) is 17.5 Å². The lowest BCUT2D eigenvalue weighted by molar-refractivity contribution is -0.636. The fourth-order valence-electron chi connectivity index (χ4n) is 2.94. The van der Waals surface area contributed by atoms with Crippen LogP contribution in [0.5, 0.6) is 0 Å². The van der Waals surface area contributed by atoms with Gasteiger partial charge in [-0.25, -0.2) is 9.37 Å². The molecular formula is C23H19FN3OS+. The highest BCUT2D eigenvalue weighted by Gasteiger charge is 2.22. The molecule has 29 heavy (non-hydrogen) atoms. The van der Waals surface area contributed by atoms with Crippen LogP contribution in [0.25, 0.3) is 16.9 Å². The number of nitrogens with one attached hydrogen (secondary N) is 2. The van der Waals surface area contributed by atoms with Gasteiger partial charge in [0.15, 0.2) is 17.2 Å². The third-order valence-electron chi connectivity index (χ3n) is 4.31. The van der Waals surface area contributed by atoms with Crippen molar-refractivity contribution in [3.8, 4) is 16.9 Å². The third kappa shape index (κ3) is 4.55. The highest BCUT2D eigenvalue weighted by atomic mass is 32.2. The second kappa shape index (κ2) is 8.75. The zero-order chi connectivity index (χ0) is 20.1. The summed E-state index contributed by atoms with van der Waals surface area (Å²) in [7, 11) is 0. The number of anilines is 1. The smallest absolute Gasteiger partial charge is 0.322 e. The molecule has 0 aliphatic carbocycles. The molecule has 0 unspecified atom stereocenters. The van der Waals surface area contributed by atoms with Crippen molar-refractivity contribution in [1.82, 2.24) is 4.98 Å². The summed E-state index contributed by atoms with van der Waals surface area (Å²) in [6.07, 6.45) is 1.85. The number of halogens is 1. The van der Waals surface area contributed by atoms with Gasteiger partial charge in [0.1, 0.15) is 6.20 Å². The molecule has 0 atom stereocenters. The third-order valence-corrected chi connectivity index (χ3v) is 5.29. The maximum Gasteiger partial charge on any atom is 0.322 e. The monoisotopic (exact) mass is 404 g/mol. The van der Waals surface area contributed by atoms with E-state index in [9.17, 15) is 9.18 Å². The van der Waals surface area contributed by atoms with Crippen molar-refractivity contribution >= 4 is 23.4 Å². The highest BCUT2D eigenvalue weighted by molar-refractivity contribution is 7.99. The Morgan fingerprint density at radius 3 is 2.31 bits per heavy atom. The summed E-state index contributed by atoms with van der Waals surface area (Å²) in [5.74, 6) is -0.262. The molecule has 6 heteroatoms. The van der Waals surface area contributed by atoms with Crippen LogP contribution in [0, 0.1) is 5.82 Å². The summed E-state index contributed by atoms with van der Waals surface area (Å²) in [6.45, 7) is 0. The number of imidazole rings is 1. The van der Waals surface area contributed by atoms with Crippen LogP contribution in [0.2, 0.25) is 0 Å². The summed E-state index contributed by atoms with van der Waals surface area (Å²) in [6, 6.07) is 25.7. The number of hydrogen-bond donors (Lipinski definition) is 2. The number of benzene rings is 3. The number of carbonyl (C=O) groups is 1. The molecule has 0 aliphatic heterocycles. The summed E-state index contributed by atoms with van der Waals surface area (Å²) < 4.78 is 16.2. The molecule has 3 aromatic carbocycles. The van der Waals surface area contributed by atoms with E-state index in [1.165, 1.54) is 17.8 Å². The summed E-state index contributed by atoms with van der Waals surface area (Å²) >= 11 is 1.32. The fourth-order valence-corrected chi connectivity index (χ4v) is 3.76.